The van der Waals surface area contributed by atoms with Crippen LogP contribution in [-0.4, -0.2) is 15.7 Å². The molecule has 1 aliphatic carbocycles. The van der Waals surface area contributed by atoms with Gasteiger partial charge in [-0.25, -0.2) is 4.68 Å². The summed E-state index contributed by atoms with van der Waals surface area (Å²) in [5.41, 5.74) is 5.11. The van der Waals surface area contributed by atoms with Gasteiger partial charge in [0.05, 0.1) is 11.4 Å². The van der Waals surface area contributed by atoms with Gasteiger partial charge in [0.2, 0.25) is 0 Å². The fraction of sp³-hybridized carbons (Fsp3) is 0.294. The van der Waals surface area contributed by atoms with E-state index in [9.17, 15) is 4.79 Å². The number of nitrogens with zero attached hydrogens (tertiary/aromatic N) is 2. The molecule has 1 aromatic carbocycles. The molecule has 0 saturated heterocycles. The van der Waals surface area contributed by atoms with Gasteiger partial charge in [0.1, 0.15) is 0 Å². The Morgan fingerprint density at radius 3 is 2.65 bits per heavy atom. The summed E-state index contributed by atoms with van der Waals surface area (Å²) in [5.74, 6) is 0.397. The Bertz CT molecular complexity index is 683. The normalized spacial score (nSPS) is 17.0. The first-order chi connectivity index (χ1) is 9.58. The van der Waals surface area contributed by atoms with E-state index in [0.29, 0.717) is 11.5 Å². The predicted octanol–water partition coefficient (Wildman–Crippen LogP) is 3.17. The van der Waals surface area contributed by atoms with Crippen molar-refractivity contribution in [2.75, 3.05) is 0 Å². The fourth-order valence-corrected chi connectivity index (χ4v) is 2.85. The second-order valence-corrected chi connectivity index (χ2v) is 5.55. The number of benzene rings is 1. The molecule has 1 aliphatic rings. The van der Waals surface area contributed by atoms with E-state index in [4.69, 9.17) is 0 Å². The lowest BCUT2D eigenvalue weighted by atomic mass is 9.99. The highest BCUT2D eigenvalue weighted by Gasteiger charge is 2.30. The number of fused-ring (bicyclic) bond motifs is 1. The van der Waals surface area contributed by atoms with E-state index in [1.165, 1.54) is 11.1 Å². The van der Waals surface area contributed by atoms with Crippen LogP contribution in [0.15, 0.2) is 42.5 Å². The second kappa shape index (κ2) is 4.75. The van der Waals surface area contributed by atoms with Gasteiger partial charge in [-0.05, 0) is 50.3 Å². The van der Waals surface area contributed by atoms with Gasteiger partial charge in [-0.1, -0.05) is 30.4 Å². The molecule has 0 bridgehead atoms. The summed E-state index contributed by atoms with van der Waals surface area (Å²) >= 11 is 0. The molecule has 0 saturated carbocycles. The minimum atomic E-state index is -0.0442. The van der Waals surface area contributed by atoms with E-state index in [2.05, 4.69) is 18.6 Å². The van der Waals surface area contributed by atoms with Crippen LogP contribution < -0.4 is 0 Å². The van der Waals surface area contributed by atoms with Gasteiger partial charge >= 0.3 is 0 Å². The summed E-state index contributed by atoms with van der Waals surface area (Å²) in [6.45, 7) is 8.09. The Balaban J connectivity index is 2.00. The van der Waals surface area contributed by atoms with Crippen LogP contribution in [0.4, 0.5) is 0 Å². The van der Waals surface area contributed by atoms with Gasteiger partial charge in [0, 0.05) is 5.56 Å². The van der Waals surface area contributed by atoms with Crippen molar-refractivity contribution in [2.45, 2.75) is 26.7 Å². The summed E-state index contributed by atoms with van der Waals surface area (Å²) in [5, 5.41) is 4.44. The Labute approximate surface area is 118 Å². The monoisotopic (exact) mass is 266 g/mol. The maximum absolute atomic E-state index is 12.6. The molecule has 0 spiro atoms. The molecular formula is C17H18N2O. The van der Waals surface area contributed by atoms with Crippen LogP contribution in [0.3, 0.4) is 0 Å². The number of aromatic nitrogens is 2. The SMILES string of the molecule is C=C(C)C1Cc2c(C)nn(C(=O)c3ccccc3)c2C1. The van der Waals surface area contributed by atoms with Gasteiger partial charge in [-0.3, -0.25) is 4.79 Å². The topological polar surface area (TPSA) is 34.9 Å². The van der Waals surface area contributed by atoms with Crippen LogP contribution in [0.5, 0.6) is 0 Å². The Hall–Kier alpha value is -2.16. The highest BCUT2D eigenvalue weighted by Crippen LogP contribution is 2.32. The van der Waals surface area contributed by atoms with E-state index in [1.54, 1.807) is 4.68 Å². The molecular weight excluding hydrogens is 248 g/mol. The Kier molecular flexibility index (Phi) is 3.05. The van der Waals surface area contributed by atoms with E-state index < -0.39 is 0 Å². The average Bonchev–Trinajstić information content (AvgIpc) is 3.00. The van der Waals surface area contributed by atoms with Crippen LogP contribution in [-0.2, 0) is 12.8 Å². The van der Waals surface area contributed by atoms with E-state index in [0.717, 1.165) is 24.2 Å². The lowest BCUT2D eigenvalue weighted by Crippen LogP contribution is -2.17. The van der Waals surface area contributed by atoms with Gasteiger partial charge in [0.15, 0.2) is 0 Å². The van der Waals surface area contributed by atoms with Crippen LogP contribution in [0.2, 0.25) is 0 Å². The van der Waals surface area contributed by atoms with Crippen molar-refractivity contribution in [2.24, 2.45) is 5.92 Å². The number of allylic oxidation sites excluding steroid dienone is 1. The van der Waals surface area contributed by atoms with Crippen molar-refractivity contribution in [1.29, 1.82) is 0 Å². The van der Waals surface area contributed by atoms with Crippen LogP contribution >= 0.6 is 0 Å². The highest BCUT2D eigenvalue weighted by atomic mass is 16.2. The first-order valence-corrected chi connectivity index (χ1v) is 6.90. The molecule has 102 valence electrons. The minimum absolute atomic E-state index is 0.0442. The second-order valence-electron chi connectivity index (χ2n) is 5.55. The molecule has 1 unspecified atom stereocenters. The lowest BCUT2D eigenvalue weighted by Gasteiger charge is -2.09. The van der Waals surface area contributed by atoms with Crippen LogP contribution in [0.1, 0.15) is 34.2 Å². The maximum atomic E-state index is 12.6. The molecule has 20 heavy (non-hydrogen) atoms. The zero-order chi connectivity index (χ0) is 14.3. The van der Waals surface area contributed by atoms with Crippen molar-refractivity contribution < 1.29 is 4.79 Å². The highest BCUT2D eigenvalue weighted by molar-refractivity contribution is 5.96. The Morgan fingerprint density at radius 1 is 1.30 bits per heavy atom. The molecule has 0 amide bonds. The molecule has 1 atom stereocenters. The standard InChI is InChI=1S/C17H18N2O/c1-11(2)14-9-15-12(3)18-19(16(15)10-14)17(20)13-7-5-4-6-8-13/h4-8,14H,1,9-10H2,2-3H3. The molecule has 2 aromatic rings. The smallest absolute Gasteiger partial charge is 0.267 e. The zero-order valence-electron chi connectivity index (χ0n) is 11.9. The van der Waals surface area contributed by atoms with Crippen molar-refractivity contribution >= 4 is 5.91 Å². The third kappa shape index (κ3) is 1.99. The van der Waals surface area contributed by atoms with Gasteiger partial charge in [-0.15, -0.1) is 0 Å². The summed E-state index contributed by atoms with van der Waals surface area (Å²) < 4.78 is 1.59. The van der Waals surface area contributed by atoms with Gasteiger partial charge < -0.3 is 0 Å². The van der Waals surface area contributed by atoms with E-state index in [1.807, 2.05) is 37.3 Å². The van der Waals surface area contributed by atoms with Crippen molar-refractivity contribution in [3.05, 3.63) is 65.0 Å². The summed E-state index contributed by atoms with van der Waals surface area (Å²) in [6.07, 6.45) is 1.82. The van der Waals surface area contributed by atoms with Crippen LogP contribution in [0.25, 0.3) is 0 Å². The van der Waals surface area contributed by atoms with Gasteiger partial charge in [-0.2, -0.15) is 5.10 Å². The lowest BCUT2D eigenvalue weighted by molar-refractivity contribution is 0.0941. The molecule has 0 N–H and O–H groups in total. The Morgan fingerprint density at radius 2 is 2.00 bits per heavy atom. The molecule has 0 fully saturated rings. The quantitative estimate of drug-likeness (QED) is 0.782. The number of hydrogen-bond donors (Lipinski definition) is 0. The number of hydrogen-bond acceptors (Lipinski definition) is 2. The number of carbonyl (C=O) groups is 1. The summed E-state index contributed by atoms with van der Waals surface area (Å²) in [7, 11) is 0. The number of rotatable bonds is 2. The van der Waals surface area contributed by atoms with Gasteiger partial charge in [0.25, 0.3) is 5.91 Å². The zero-order valence-corrected chi connectivity index (χ0v) is 11.9. The largest absolute Gasteiger partial charge is 0.278 e. The summed E-state index contributed by atoms with van der Waals surface area (Å²) in [6, 6.07) is 9.32. The van der Waals surface area contributed by atoms with E-state index in [-0.39, 0.29) is 5.91 Å². The third-order valence-corrected chi connectivity index (χ3v) is 4.09. The molecule has 1 heterocycles. The fourth-order valence-electron chi connectivity index (χ4n) is 2.85. The number of carbonyl (C=O) groups excluding carboxylic acids is 1. The van der Waals surface area contributed by atoms with E-state index >= 15 is 0 Å². The first-order valence-electron chi connectivity index (χ1n) is 6.90. The molecule has 3 heteroatoms. The predicted molar refractivity (Wildman–Crippen MR) is 78.8 cm³/mol. The van der Waals surface area contributed by atoms with Crippen molar-refractivity contribution in [1.82, 2.24) is 9.78 Å². The molecule has 3 rings (SSSR count). The maximum Gasteiger partial charge on any atom is 0.278 e. The first kappa shape index (κ1) is 12.9. The van der Waals surface area contributed by atoms with Crippen molar-refractivity contribution in [3.63, 3.8) is 0 Å². The van der Waals surface area contributed by atoms with Crippen molar-refractivity contribution in [3.8, 4) is 0 Å². The van der Waals surface area contributed by atoms with Crippen LogP contribution in [0, 0.1) is 12.8 Å². The molecule has 3 nitrogen and oxygen atoms in total. The summed E-state index contributed by atoms with van der Waals surface area (Å²) in [4.78, 5) is 12.6. The minimum Gasteiger partial charge on any atom is -0.267 e. The molecule has 1 aromatic heterocycles. The molecule has 0 radical (unpaired) electrons. The average molecular weight is 266 g/mol. The number of aryl methyl sites for hydroxylation is 1. The third-order valence-electron chi connectivity index (χ3n) is 4.09. The molecule has 0 aliphatic heterocycles.